The van der Waals surface area contributed by atoms with Crippen molar-refractivity contribution in [1.82, 2.24) is 0 Å². The average molecular weight is 527 g/mol. The number of epoxide rings is 1. The molecule has 11 heteroatoms. The lowest BCUT2D eigenvalue weighted by atomic mass is 10.3. The van der Waals surface area contributed by atoms with Crippen molar-refractivity contribution >= 4 is 9.84 Å². The van der Waals surface area contributed by atoms with Crippen LogP contribution in [0.25, 0.3) is 0 Å². The van der Waals surface area contributed by atoms with Crippen LogP contribution in [0.4, 0.5) is 0 Å². The van der Waals surface area contributed by atoms with Gasteiger partial charge in [-0.1, -0.05) is 0 Å². The Kier molecular flexibility index (Phi) is 11.9. The number of ether oxygens (including phenoxy) is 7. The summed E-state index contributed by atoms with van der Waals surface area (Å²) in [5, 5.41) is 9.75. The summed E-state index contributed by atoms with van der Waals surface area (Å²) in [7, 11) is -2.10. The number of hydrogen-bond acceptors (Lipinski definition) is 10. The highest BCUT2D eigenvalue weighted by molar-refractivity contribution is 7.91. The van der Waals surface area contributed by atoms with E-state index in [1.165, 1.54) is 24.3 Å². The van der Waals surface area contributed by atoms with Crippen LogP contribution in [0.2, 0.25) is 0 Å². The van der Waals surface area contributed by atoms with Crippen molar-refractivity contribution in [2.75, 3.05) is 73.2 Å². The maximum absolute atomic E-state index is 12.9. The minimum atomic E-state index is -3.68. The Balaban J connectivity index is 1.36. The SMILES string of the molecule is COCCOCC(O)COCCOc1ccc(S(=O)(=O)c2ccc(OCCOCC3CO3)cc2)cc1. The standard InChI is InChI=1S/C25H34O10S/c1-29-10-11-30-16-20(26)17-31-12-14-33-21-2-6-24(7-3-21)36(27,28)25-8-4-22(5-9-25)34-15-13-32-18-23-19-35-23/h2-9,20,23,26H,10-19H2,1H3. The topological polar surface area (TPSA) is 122 Å². The molecule has 1 aliphatic rings. The second kappa shape index (κ2) is 15.1. The zero-order valence-electron chi connectivity index (χ0n) is 20.4. The largest absolute Gasteiger partial charge is 0.491 e. The van der Waals surface area contributed by atoms with E-state index in [0.29, 0.717) is 44.5 Å². The van der Waals surface area contributed by atoms with E-state index in [1.807, 2.05) is 0 Å². The normalized spacial score (nSPS) is 16.0. The molecule has 36 heavy (non-hydrogen) atoms. The van der Waals surface area contributed by atoms with Crippen molar-refractivity contribution in [1.29, 1.82) is 0 Å². The van der Waals surface area contributed by atoms with E-state index in [-0.39, 0.29) is 42.3 Å². The molecule has 1 saturated heterocycles. The molecular weight excluding hydrogens is 492 g/mol. The van der Waals surface area contributed by atoms with Crippen LogP contribution in [-0.2, 0) is 33.5 Å². The fraction of sp³-hybridized carbons (Fsp3) is 0.520. The summed E-state index contributed by atoms with van der Waals surface area (Å²) < 4.78 is 62.9. The van der Waals surface area contributed by atoms with Crippen LogP contribution < -0.4 is 9.47 Å². The third kappa shape index (κ3) is 10.0. The van der Waals surface area contributed by atoms with Gasteiger partial charge in [0.15, 0.2) is 0 Å². The monoisotopic (exact) mass is 526 g/mol. The maximum atomic E-state index is 12.9. The number of methoxy groups -OCH3 is 1. The van der Waals surface area contributed by atoms with Crippen molar-refractivity contribution in [3.63, 3.8) is 0 Å². The molecule has 0 bridgehead atoms. The van der Waals surface area contributed by atoms with Gasteiger partial charge in [-0.3, -0.25) is 0 Å². The molecule has 3 rings (SSSR count). The number of benzene rings is 2. The first-order chi connectivity index (χ1) is 17.5. The summed E-state index contributed by atoms with van der Waals surface area (Å²) in [6.45, 7) is 3.82. The van der Waals surface area contributed by atoms with Crippen LogP contribution >= 0.6 is 0 Å². The molecule has 2 aromatic carbocycles. The Morgan fingerprint density at radius 2 is 1.28 bits per heavy atom. The smallest absolute Gasteiger partial charge is 0.206 e. The molecule has 0 saturated carbocycles. The number of rotatable bonds is 19. The van der Waals surface area contributed by atoms with Gasteiger partial charge in [-0.05, 0) is 48.5 Å². The van der Waals surface area contributed by atoms with Crippen molar-refractivity contribution in [2.45, 2.75) is 22.0 Å². The van der Waals surface area contributed by atoms with Gasteiger partial charge in [0.25, 0.3) is 0 Å². The van der Waals surface area contributed by atoms with Gasteiger partial charge < -0.3 is 38.3 Å². The number of aliphatic hydroxyl groups is 1. The second-order valence-corrected chi connectivity index (χ2v) is 9.92. The Morgan fingerprint density at radius 3 is 1.75 bits per heavy atom. The molecule has 0 radical (unpaired) electrons. The van der Waals surface area contributed by atoms with Gasteiger partial charge in [0.2, 0.25) is 9.84 Å². The molecule has 1 heterocycles. The van der Waals surface area contributed by atoms with Crippen molar-refractivity contribution in [3.8, 4) is 11.5 Å². The molecule has 2 aromatic rings. The van der Waals surface area contributed by atoms with E-state index in [9.17, 15) is 13.5 Å². The van der Waals surface area contributed by atoms with Crippen molar-refractivity contribution < 1.29 is 46.7 Å². The minimum Gasteiger partial charge on any atom is -0.491 e. The maximum Gasteiger partial charge on any atom is 0.206 e. The lowest BCUT2D eigenvalue weighted by Gasteiger charge is -2.12. The Bertz CT molecular complexity index is 975. The fourth-order valence-electron chi connectivity index (χ4n) is 3.01. The Hall–Kier alpha value is -2.25. The van der Waals surface area contributed by atoms with Crippen LogP contribution in [0.15, 0.2) is 58.3 Å². The molecule has 200 valence electrons. The zero-order chi connectivity index (χ0) is 25.6. The van der Waals surface area contributed by atoms with Gasteiger partial charge in [-0.25, -0.2) is 8.42 Å². The van der Waals surface area contributed by atoms with Gasteiger partial charge >= 0.3 is 0 Å². The van der Waals surface area contributed by atoms with Gasteiger partial charge in [-0.2, -0.15) is 0 Å². The van der Waals surface area contributed by atoms with Crippen LogP contribution in [-0.4, -0.2) is 98.9 Å². The third-order valence-corrected chi connectivity index (χ3v) is 6.80. The molecule has 2 atom stereocenters. The number of sulfone groups is 1. The summed E-state index contributed by atoms with van der Waals surface area (Å²) in [6.07, 6.45) is -0.514. The van der Waals surface area contributed by atoms with Gasteiger partial charge in [0, 0.05) is 7.11 Å². The molecule has 0 aliphatic carbocycles. The summed E-state index contributed by atoms with van der Waals surface area (Å²) in [6, 6.07) is 12.5. The Morgan fingerprint density at radius 1 is 0.806 bits per heavy atom. The predicted molar refractivity (Wildman–Crippen MR) is 129 cm³/mol. The van der Waals surface area contributed by atoms with Crippen LogP contribution in [0.1, 0.15) is 0 Å². The first kappa shape index (κ1) is 28.3. The van der Waals surface area contributed by atoms with E-state index < -0.39 is 15.9 Å². The van der Waals surface area contributed by atoms with Gasteiger partial charge in [0.05, 0.1) is 62.6 Å². The van der Waals surface area contributed by atoms with E-state index in [2.05, 4.69) is 0 Å². The fourth-order valence-corrected chi connectivity index (χ4v) is 4.27. The van der Waals surface area contributed by atoms with E-state index in [4.69, 9.17) is 33.2 Å². The molecule has 1 N–H and O–H groups in total. The first-order valence-electron chi connectivity index (χ1n) is 11.7. The highest BCUT2D eigenvalue weighted by atomic mass is 32.2. The number of hydrogen-bond donors (Lipinski definition) is 1. The molecular formula is C25H34O10S. The molecule has 0 amide bonds. The second-order valence-electron chi connectivity index (χ2n) is 7.97. The van der Waals surface area contributed by atoms with E-state index in [1.54, 1.807) is 31.4 Å². The first-order valence-corrected chi connectivity index (χ1v) is 13.2. The molecule has 0 aromatic heterocycles. The van der Waals surface area contributed by atoms with E-state index in [0.717, 1.165) is 6.61 Å². The lowest BCUT2D eigenvalue weighted by molar-refractivity contribution is -0.0320. The number of aliphatic hydroxyl groups excluding tert-OH is 1. The molecule has 10 nitrogen and oxygen atoms in total. The molecule has 2 unspecified atom stereocenters. The van der Waals surface area contributed by atoms with Crippen LogP contribution in [0.5, 0.6) is 11.5 Å². The van der Waals surface area contributed by atoms with Crippen molar-refractivity contribution in [2.24, 2.45) is 0 Å². The lowest BCUT2D eigenvalue weighted by Crippen LogP contribution is -2.24. The highest BCUT2D eigenvalue weighted by Crippen LogP contribution is 2.25. The van der Waals surface area contributed by atoms with Crippen LogP contribution in [0, 0.1) is 0 Å². The van der Waals surface area contributed by atoms with E-state index >= 15 is 0 Å². The molecule has 1 fully saturated rings. The molecule has 1 aliphatic heterocycles. The predicted octanol–water partition coefficient (Wildman–Crippen LogP) is 1.73. The van der Waals surface area contributed by atoms with Gasteiger partial charge in [-0.15, -0.1) is 0 Å². The Labute approximate surface area is 211 Å². The highest BCUT2D eigenvalue weighted by Gasteiger charge is 2.22. The average Bonchev–Trinajstić information content (AvgIpc) is 3.71. The minimum absolute atomic E-state index is 0.126. The summed E-state index contributed by atoms with van der Waals surface area (Å²) in [5.41, 5.74) is 0. The quantitative estimate of drug-likeness (QED) is 0.214. The summed E-state index contributed by atoms with van der Waals surface area (Å²) in [5.74, 6) is 1.08. The van der Waals surface area contributed by atoms with Crippen molar-refractivity contribution in [3.05, 3.63) is 48.5 Å². The van der Waals surface area contributed by atoms with Gasteiger partial charge in [0.1, 0.15) is 36.9 Å². The molecule has 0 spiro atoms. The zero-order valence-corrected chi connectivity index (χ0v) is 21.2. The summed E-state index contributed by atoms with van der Waals surface area (Å²) in [4.78, 5) is 0.330. The third-order valence-electron chi connectivity index (χ3n) is 5.02. The van der Waals surface area contributed by atoms with Crippen LogP contribution in [0.3, 0.4) is 0 Å². The summed E-state index contributed by atoms with van der Waals surface area (Å²) >= 11 is 0.